The van der Waals surface area contributed by atoms with E-state index in [1.165, 1.54) is 11.8 Å². The van der Waals surface area contributed by atoms with E-state index in [0.717, 1.165) is 5.16 Å². The molecule has 1 atom stereocenters. The van der Waals surface area contributed by atoms with Crippen molar-refractivity contribution in [2.45, 2.75) is 23.8 Å². The van der Waals surface area contributed by atoms with Crippen LogP contribution >= 0.6 is 35.0 Å². The van der Waals surface area contributed by atoms with Crippen LogP contribution in [0.25, 0.3) is 0 Å². The summed E-state index contributed by atoms with van der Waals surface area (Å²) in [4.78, 5) is 16.6. The summed E-state index contributed by atoms with van der Waals surface area (Å²) in [7, 11) is 1.90. The highest BCUT2D eigenvalue weighted by atomic mass is 35.5. The van der Waals surface area contributed by atoms with Crippen molar-refractivity contribution in [3.8, 4) is 0 Å². The average molecular weight is 344 g/mol. The standard InChI is InChI=1S/C14H15Cl2N3OS/c1-3-11(21-14-17-7-8-19(14)2)13(20)18-10-6-4-5-9(15)12(10)16/h4-8,11H,3H2,1-2H3,(H,18,20). The van der Waals surface area contributed by atoms with Crippen LogP contribution in [0.2, 0.25) is 10.0 Å². The van der Waals surface area contributed by atoms with Crippen molar-refractivity contribution in [2.75, 3.05) is 5.32 Å². The first kappa shape index (κ1) is 16.2. The topological polar surface area (TPSA) is 46.9 Å². The number of aromatic nitrogens is 2. The molecule has 0 spiro atoms. The van der Waals surface area contributed by atoms with Crippen LogP contribution in [0.15, 0.2) is 35.7 Å². The lowest BCUT2D eigenvalue weighted by Crippen LogP contribution is -2.25. The van der Waals surface area contributed by atoms with Crippen molar-refractivity contribution < 1.29 is 4.79 Å². The van der Waals surface area contributed by atoms with Crippen LogP contribution in [0.1, 0.15) is 13.3 Å². The number of halogens is 2. The SMILES string of the molecule is CCC(Sc1nccn1C)C(=O)Nc1cccc(Cl)c1Cl. The van der Waals surface area contributed by atoms with E-state index in [0.29, 0.717) is 22.2 Å². The molecule has 2 rings (SSSR count). The highest BCUT2D eigenvalue weighted by Crippen LogP contribution is 2.31. The zero-order chi connectivity index (χ0) is 15.4. The van der Waals surface area contributed by atoms with Crippen LogP contribution in [0, 0.1) is 0 Å². The number of rotatable bonds is 5. The van der Waals surface area contributed by atoms with Gasteiger partial charge in [0.1, 0.15) is 0 Å². The number of nitrogens with one attached hydrogen (secondary N) is 1. The number of anilines is 1. The van der Waals surface area contributed by atoms with Crippen molar-refractivity contribution in [2.24, 2.45) is 7.05 Å². The van der Waals surface area contributed by atoms with Gasteiger partial charge in [0.2, 0.25) is 5.91 Å². The van der Waals surface area contributed by atoms with Gasteiger partial charge in [-0.1, -0.05) is 48.0 Å². The number of benzene rings is 1. The van der Waals surface area contributed by atoms with E-state index in [4.69, 9.17) is 23.2 Å². The Balaban J connectivity index is 2.10. The number of carbonyl (C=O) groups excluding carboxylic acids is 1. The lowest BCUT2D eigenvalue weighted by molar-refractivity contribution is -0.115. The minimum atomic E-state index is -0.249. The Morgan fingerprint density at radius 3 is 2.86 bits per heavy atom. The van der Waals surface area contributed by atoms with Crippen molar-refractivity contribution in [3.05, 3.63) is 40.6 Å². The fourth-order valence-electron chi connectivity index (χ4n) is 1.73. The first-order valence-electron chi connectivity index (χ1n) is 6.41. The van der Waals surface area contributed by atoms with E-state index in [9.17, 15) is 4.79 Å². The van der Waals surface area contributed by atoms with Gasteiger partial charge in [0.25, 0.3) is 0 Å². The van der Waals surface area contributed by atoms with E-state index in [2.05, 4.69) is 10.3 Å². The summed E-state index contributed by atoms with van der Waals surface area (Å²) in [6, 6.07) is 5.15. The number of thioether (sulfide) groups is 1. The summed E-state index contributed by atoms with van der Waals surface area (Å²) < 4.78 is 1.88. The highest BCUT2D eigenvalue weighted by Gasteiger charge is 2.21. The molecule has 0 saturated carbocycles. The highest BCUT2D eigenvalue weighted by molar-refractivity contribution is 8.00. The Morgan fingerprint density at radius 2 is 2.24 bits per heavy atom. The Morgan fingerprint density at radius 1 is 1.48 bits per heavy atom. The summed E-state index contributed by atoms with van der Waals surface area (Å²) in [5.74, 6) is -0.116. The Bertz CT molecular complexity index is 645. The number of hydrogen-bond donors (Lipinski definition) is 1. The molecule has 1 aromatic heterocycles. The van der Waals surface area contributed by atoms with Gasteiger partial charge in [-0.25, -0.2) is 4.98 Å². The maximum Gasteiger partial charge on any atom is 0.238 e. The molecule has 1 aromatic carbocycles. The molecule has 21 heavy (non-hydrogen) atoms. The second kappa shape index (κ2) is 7.20. The summed E-state index contributed by atoms with van der Waals surface area (Å²) in [6.07, 6.45) is 4.24. The van der Waals surface area contributed by atoms with Crippen LogP contribution in [-0.4, -0.2) is 20.7 Å². The molecule has 0 radical (unpaired) electrons. The molecule has 1 unspecified atom stereocenters. The minimum absolute atomic E-state index is 0.116. The zero-order valence-corrected chi connectivity index (χ0v) is 14.0. The van der Waals surface area contributed by atoms with E-state index < -0.39 is 0 Å². The molecule has 1 amide bonds. The van der Waals surface area contributed by atoms with E-state index in [1.54, 1.807) is 24.4 Å². The lowest BCUT2D eigenvalue weighted by atomic mass is 10.2. The van der Waals surface area contributed by atoms with Gasteiger partial charge in [0.15, 0.2) is 5.16 Å². The fourth-order valence-corrected chi connectivity index (χ4v) is 3.01. The number of nitrogens with zero attached hydrogens (tertiary/aromatic N) is 2. The molecule has 0 aliphatic heterocycles. The molecule has 112 valence electrons. The maximum atomic E-state index is 12.4. The average Bonchev–Trinajstić information content (AvgIpc) is 2.86. The molecule has 0 bridgehead atoms. The fraction of sp³-hybridized carbons (Fsp3) is 0.286. The number of carbonyl (C=O) groups is 1. The molecular formula is C14H15Cl2N3OS. The van der Waals surface area contributed by atoms with Crippen LogP contribution in [0.5, 0.6) is 0 Å². The number of amides is 1. The Hall–Kier alpha value is -1.17. The Kier molecular flexibility index (Phi) is 5.56. The summed E-state index contributed by atoms with van der Waals surface area (Å²) in [5, 5.41) is 4.14. The number of hydrogen-bond acceptors (Lipinski definition) is 3. The zero-order valence-electron chi connectivity index (χ0n) is 11.6. The van der Waals surface area contributed by atoms with E-state index >= 15 is 0 Å². The van der Waals surface area contributed by atoms with Gasteiger partial charge in [0, 0.05) is 19.4 Å². The first-order valence-corrected chi connectivity index (χ1v) is 8.05. The first-order chi connectivity index (χ1) is 10.0. The van der Waals surface area contributed by atoms with Gasteiger partial charge in [-0.05, 0) is 18.6 Å². The van der Waals surface area contributed by atoms with Crippen LogP contribution in [0.3, 0.4) is 0 Å². The van der Waals surface area contributed by atoms with Crippen molar-refractivity contribution in [1.29, 1.82) is 0 Å². The molecule has 1 heterocycles. The van der Waals surface area contributed by atoms with E-state index in [1.807, 2.05) is 24.7 Å². The minimum Gasteiger partial charge on any atom is -0.329 e. The van der Waals surface area contributed by atoms with Crippen LogP contribution in [-0.2, 0) is 11.8 Å². The summed E-state index contributed by atoms with van der Waals surface area (Å²) >= 11 is 13.5. The van der Waals surface area contributed by atoms with Gasteiger partial charge in [-0.2, -0.15) is 0 Å². The lowest BCUT2D eigenvalue weighted by Gasteiger charge is -2.15. The largest absolute Gasteiger partial charge is 0.329 e. The quantitative estimate of drug-likeness (QED) is 0.826. The van der Waals surface area contributed by atoms with Crippen LogP contribution < -0.4 is 5.32 Å². The summed E-state index contributed by atoms with van der Waals surface area (Å²) in [5.41, 5.74) is 0.521. The third-order valence-electron chi connectivity index (χ3n) is 2.90. The predicted molar refractivity (Wildman–Crippen MR) is 88.2 cm³/mol. The maximum absolute atomic E-state index is 12.4. The van der Waals surface area contributed by atoms with E-state index in [-0.39, 0.29) is 11.2 Å². The molecule has 0 saturated heterocycles. The van der Waals surface area contributed by atoms with Crippen LogP contribution in [0.4, 0.5) is 5.69 Å². The predicted octanol–water partition coefficient (Wildman–Crippen LogP) is 4.24. The molecule has 7 heteroatoms. The number of aryl methyl sites for hydroxylation is 1. The van der Waals surface area contributed by atoms with Gasteiger partial charge < -0.3 is 9.88 Å². The normalized spacial score (nSPS) is 12.2. The number of imidazole rings is 1. The second-order valence-electron chi connectivity index (χ2n) is 4.43. The Labute approximate surface area is 137 Å². The monoisotopic (exact) mass is 343 g/mol. The van der Waals surface area contributed by atoms with Crippen molar-refractivity contribution in [3.63, 3.8) is 0 Å². The molecule has 0 aliphatic rings. The molecule has 1 N–H and O–H groups in total. The van der Waals surface area contributed by atoms with Crippen molar-refractivity contribution in [1.82, 2.24) is 9.55 Å². The molecule has 0 aliphatic carbocycles. The molecule has 4 nitrogen and oxygen atoms in total. The van der Waals surface area contributed by atoms with Gasteiger partial charge in [-0.3, -0.25) is 4.79 Å². The summed E-state index contributed by atoms with van der Waals surface area (Å²) in [6.45, 7) is 1.96. The van der Waals surface area contributed by atoms with Crippen molar-refractivity contribution >= 4 is 46.6 Å². The smallest absolute Gasteiger partial charge is 0.238 e. The van der Waals surface area contributed by atoms with Gasteiger partial charge >= 0.3 is 0 Å². The second-order valence-corrected chi connectivity index (χ2v) is 6.38. The van der Waals surface area contributed by atoms with Gasteiger partial charge in [-0.15, -0.1) is 0 Å². The van der Waals surface area contributed by atoms with Gasteiger partial charge in [0.05, 0.1) is 21.0 Å². The third kappa shape index (κ3) is 3.93. The third-order valence-corrected chi connectivity index (χ3v) is 5.15. The molecule has 2 aromatic rings. The molecule has 0 fully saturated rings. The molecular weight excluding hydrogens is 329 g/mol.